The van der Waals surface area contributed by atoms with Crippen LogP contribution in [0.15, 0.2) is 0 Å². The predicted octanol–water partition coefficient (Wildman–Crippen LogP) is 0.700. The van der Waals surface area contributed by atoms with Crippen molar-refractivity contribution in [3.05, 3.63) is 0 Å². The number of amides is 1. The Morgan fingerprint density at radius 1 is 1.88 bits per heavy atom. The number of halogens is 1. The lowest BCUT2D eigenvalue weighted by Crippen LogP contribution is -2.26. The molecule has 1 amide bonds. The van der Waals surface area contributed by atoms with E-state index in [1.165, 1.54) is 0 Å². The first-order valence-corrected chi connectivity index (χ1v) is 4.21. The number of rotatable bonds is 1. The van der Waals surface area contributed by atoms with E-state index in [0.717, 1.165) is 17.3 Å². The summed E-state index contributed by atoms with van der Waals surface area (Å²) in [5.41, 5.74) is 0. The summed E-state index contributed by atoms with van der Waals surface area (Å²) in [6.45, 7) is 0. The summed E-state index contributed by atoms with van der Waals surface area (Å²) in [4.78, 5) is 10.5. The number of carbonyl (C=O) groups is 1. The second-order valence-corrected chi connectivity index (χ2v) is 2.84. The maximum absolute atomic E-state index is 10.5. The molecular formula is C5H8INO. The lowest BCUT2D eigenvalue weighted by molar-refractivity contribution is -0.119. The predicted molar refractivity (Wildman–Crippen MR) is 40.1 cm³/mol. The molecule has 46 valence electrons. The molecular weight excluding hydrogens is 217 g/mol. The van der Waals surface area contributed by atoms with E-state index in [4.69, 9.17) is 0 Å². The highest BCUT2D eigenvalue weighted by Gasteiger charge is 2.18. The molecule has 8 heavy (non-hydrogen) atoms. The monoisotopic (exact) mass is 225 g/mol. The highest BCUT2D eigenvalue weighted by Crippen LogP contribution is 2.07. The maximum Gasteiger partial charge on any atom is 0.220 e. The van der Waals surface area contributed by atoms with Crippen LogP contribution >= 0.6 is 22.6 Å². The Morgan fingerprint density at radius 2 is 2.62 bits per heavy atom. The van der Waals surface area contributed by atoms with Crippen molar-refractivity contribution in [2.45, 2.75) is 18.9 Å². The Hall–Kier alpha value is 0.200. The van der Waals surface area contributed by atoms with E-state index >= 15 is 0 Å². The third kappa shape index (κ3) is 1.34. The fraction of sp³-hybridized carbons (Fsp3) is 0.800. The van der Waals surface area contributed by atoms with E-state index in [-0.39, 0.29) is 5.91 Å². The van der Waals surface area contributed by atoms with E-state index in [2.05, 4.69) is 27.9 Å². The molecule has 0 unspecified atom stereocenters. The van der Waals surface area contributed by atoms with Crippen molar-refractivity contribution < 1.29 is 4.79 Å². The summed E-state index contributed by atoms with van der Waals surface area (Å²) in [6.07, 6.45) is 1.76. The van der Waals surface area contributed by atoms with Crippen LogP contribution in [0.3, 0.4) is 0 Å². The zero-order valence-corrected chi connectivity index (χ0v) is 6.64. The minimum Gasteiger partial charge on any atom is -0.353 e. The van der Waals surface area contributed by atoms with Crippen molar-refractivity contribution >= 4 is 28.5 Å². The quantitative estimate of drug-likeness (QED) is 0.516. The Balaban J connectivity index is 2.32. The van der Waals surface area contributed by atoms with Crippen LogP contribution in [0.4, 0.5) is 0 Å². The summed E-state index contributed by atoms with van der Waals surface area (Å²) in [7, 11) is 0. The molecule has 1 saturated heterocycles. The van der Waals surface area contributed by atoms with E-state index in [0.29, 0.717) is 6.04 Å². The fourth-order valence-corrected chi connectivity index (χ4v) is 1.45. The molecule has 0 aliphatic carbocycles. The van der Waals surface area contributed by atoms with Gasteiger partial charge < -0.3 is 5.32 Å². The van der Waals surface area contributed by atoms with Crippen molar-refractivity contribution in [2.24, 2.45) is 0 Å². The summed E-state index contributed by atoms with van der Waals surface area (Å²) in [5.74, 6) is 0.215. The molecule has 1 heterocycles. The van der Waals surface area contributed by atoms with Crippen molar-refractivity contribution in [3.8, 4) is 0 Å². The number of hydrogen-bond acceptors (Lipinski definition) is 1. The van der Waals surface area contributed by atoms with Gasteiger partial charge in [0.1, 0.15) is 0 Å². The van der Waals surface area contributed by atoms with Gasteiger partial charge in [-0.1, -0.05) is 22.6 Å². The van der Waals surface area contributed by atoms with E-state index in [9.17, 15) is 4.79 Å². The van der Waals surface area contributed by atoms with Gasteiger partial charge in [-0.05, 0) is 6.42 Å². The van der Waals surface area contributed by atoms with Gasteiger partial charge in [-0.15, -0.1) is 0 Å². The molecule has 0 aromatic rings. The second kappa shape index (κ2) is 2.66. The summed E-state index contributed by atoms with van der Waals surface area (Å²) in [5, 5.41) is 2.86. The van der Waals surface area contributed by atoms with Gasteiger partial charge in [0.15, 0.2) is 0 Å². The molecule has 1 rings (SSSR count). The van der Waals surface area contributed by atoms with Crippen LogP contribution in [0.5, 0.6) is 0 Å². The van der Waals surface area contributed by atoms with E-state index in [1.54, 1.807) is 0 Å². The van der Waals surface area contributed by atoms with Crippen LogP contribution in [0.2, 0.25) is 0 Å². The maximum atomic E-state index is 10.5. The molecule has 0 bridgehead atoms. The average molecular weight is 225 g/mol. The van der Waals surface area contributed by atoms with Gasteiger partial charge in [-0.2, -0.15) is 0 Å². The van der Waals surface area contributed by atoms with Crippen molar-refractivity contribution in [3.63, 3.8) is 0 Å². The van der Waals surface area contributed by atoms with Crippen LogP contribution < -0.4 is 5.32 Å². The first-order valence-electron chi connectivity index (χ1n) is 2.68. The Morgan fingerprint density at radius 3 is 2.88 bits per heavy atom. The largest absolute Gasteiger partial charge is 0.353 e. The molecule has 1 fully saturated rings. The van der Waals surface area contributed by atoms with Gasteiger partial charge in [0.25, 0.3) is 0 Å². The number of hydrogen-bond donors (Lipinski definition) is 1. The highest BCUT2D eigenvalue weighted by molar-refractivity contribution is 14.1. The molecule has 3 heteroatoms. The smallest absolute Gasteiger partial charge is 0.220 e. The van der Waals surface area contributed by atoms with Crippen LogP contribution in [0, 0.1) is 0 Å². The number of alkyl halides is 1. The first kappa shape index (κ1) is 6.32. The SMILES string of the molecule is O=C1CC[C@@H](CI)N1. The topological polar surface area (TPSA) is 29.1 Å². The van der Waals surface area contributed by atoms with Crippen molar-refractivity contribution in [1.29, 1.82) is 0 Å². The highest BCUT2D eigenvalue weighted by atomic mass is 127. The summed E-state index contributed by atoms with van der Waals surface area (Å²) >= 11 is 2.28. The minimum atomic E-state index is 0.215. The third-order valence-corrected chi connectivity index (χ3v) is 2.33. The molecule has 0 saturated carbocycles. The molecule has 1 atom stereocenters. The summed E-state index contributed by atoms with van der Waals surface area (Å²) in [6, 6.07) is 0.461. The molecule has 1 aliphatic rings. The van der Waals surface area contributed by atoms with Gasteiger partial charge in [0.05, 0.1) is 0 Å². The number of carbonyl (C=O) groups excluding carboxylic acids is 1. The second-order valence-electron chi connectivity index (χ2n) is 1.96. The van der Waals surface area contributed by atoms with Gasteiger partial charge >= 0.3 is 0 Å². The van der Waals surface area contributed by atoms with Crippen LogP contribution in [-0.4, -0.2) is 16.4 Å². The Bertz CT molecular complexity index is 105. The molecule has 0 spiro atoms. The molecule has 1 N–H and O–H groups in total. The van der Waals surface area contributed by atoms with Gasteiger partial charge in [0, 0.05) is 16.9 Å². The molecule has 1 aliphatic heterocycles. The van der Waals surface area contributed by atoms with E-state index in [1.807, 2.05) is 0 Å². The van der Waals surface area contributed by atoms with E-state index < -0.39 is 0 Å². The average Bonchev–Trinajstić information content (AvgIpc) is 2.14. The molecule has 0 aromatic heterocycles. The van der Waals surface area contributed by atoms with Crippen molar-refractivity contribution in [2.75, 3.05) is 4.43 Å². The minimum absolute atomic E-state index is 0.215. The van der Waals surface area contributed by atoms with Gasteiger partial charge in [-0.25, -0.2) is 0 Å². The fourth-order valence-electron chi connectivity index (χ4n) is 0.793. The Kier molecular flexibility index (Phi) is 2.10. The molecule has 0 aromatic carbocycles. The van der Waals surface area contributed by atoms with Crippen LogP contribution in [-0.2, 0) is 4.79 Å². The normalized spacial score (nSPS) is 28.1. The zero-order chi connectivity index (χ0) is 5.98. The lowest BCUT2D eigenvalue weighted by Gasteiger charge is -2.01. The Labute approximate surface area is 62.2 Å². The summed E-state index contributed by atoms with van der Waals surface area (Å²) < 4.78 is 1.05. The van der Waals surface area contributed by atoms with Gasteiger partial charge in [0.2, 0.25) is 5.91 Å². The van der Waals surface area contributed by atoms with Gasteiger partial charge in [-0.3, -0.25) is 4.79 Å². The number of nitrogens with one attached hydrogen (secondary N) is 1. The van der Waals surface area contributed by atoms with Crippen LogP contribution in [0.1, 0.15) is 12.8 Å². The van der Waals surface area contributed by atoms with Crippen molar-refractivity contribution in [1.82, 2.24) is 5.32 Å². The lowest BCUT2D eigenvalue weighted by atomic mass is 10.3. The molecule has 2 nitrogen and oxygen atoms in total. The third-order valence-electron chi connectivity index (χ3n) is 1.27. The first-order chi connectivity index (χ1) is 3.83. The molecule has 0 radical (unpaired) electrons. The van der Waals surface area contributed by atoms with Crippen LogP contribution in [0.25, 0.3) is 0 Å². The zero-order valence-electron chi connectivity index (χ0n) is 4.48. The standard InChI is InChI=1S/C5H8INO/c6-3-4-1-2-5(8)7-4/h4H,1-3H2,(H,7,8)/t4-/m0/s1.